The van der Waals surface area contributed by atoms with Crippen LogP contribution in [0.3, 0.4) is 0 Å². The Balaban J connectivity index is 1.22. The van der Waals surface area contributed by atoms with E-state index in [1.807, 2.05) is 36.4 Å². The van der Waals surface area contributed by atoms with Crippen LogP contribution in [0.1, 0.15) is 5.56 Å². The molecule has 5 heterocycles. The molecule has 3 aromatic heterocycles. The Labute approximate surface area is 317 Å². The van der Waals surface area contributed by atoms with Crippen molar-refractivity contribution in [1.82, 2.24) is 14.5 Å². The van der Waals surface area contributed by atoms with Gasteiger partial charge in [0.25, 0.3) is 0 Å². The van der Waals surface area contributed by atoms with Gasteiger partial charge in [0.2, 0.25) is 11.8 Å². The van der Waals surface area contributed by atoms with E-state index in [1.165, 1.54) is 11.4 Å². The molecule has 0 saturated carbocycles. The Morgan fingerprint density at radius 1 is 0.527 bits per heavy atom. The lowest BCUT2D eigenvalue weighted by molar-refractivity contribution is 0.439. The van der Waals surface area contributed by atoms with Crippen molar-refractivity contribution >= 4 is 55.9 Å². The predicted molar refractivity (Wildman–Crippen MR) is 218 cm³/mol. The molecule has 266 valence electrons. The summed E-state index contributed by atoms with van der Waals surface area (Å²) in [6, 6.07) is 47.3. The quantitative estimate of drug-likeness (QED) is 0.160. The molecule has 0 atom stereocenters. The highest BCUT2D eigenvalue weighted by atomic mass is 16.5. The van der Waals surface area contributed by atoms with Crippen molar-refractivity contribution in [1.29, 1.82) is 5.26 Å². The minimum Gasteiger partial charge on any atom is -0.437 e. The monoisotopic (exact) mass is 718 g/mol. The fraction of sp³-hybridized carbons (Fsp3) is 0.0889. The summed E-state index contributed by atoms with van der Waals surface area (Å²) < 4.78 is 15.0. The zero-order valence-corrected chi connectivity index (χ0v) is 30.2. The summed E-state index contributed by atoms with van der Waals surface area (Å²) in [5, 5.41) is 12.7. The van der Waals surface area contributed by atoms with Crippen LogP contribution in [-0.2, 0) is 0 Å². The Kier molecular flexibility index (Phi) is 7.52. The third kappa shape index (κ3) is 5.40. The lowest BCUT2D eigenvalue weighted by Crippen LogP contribution is -2.24. The molecule has 10 nitrogen and oxygen atoms in total. The van der Waals surface area contributed by atoms with Gasteiger partial charge in [-0.2, -0.15) is 5.26 Å². The van der Waals surface area contributed by atoms with Crippen LogP contribution in [0.25, 0.3) is 27.5 Å². The van der Waals surface area contributed by atoms with Crippen LogP contribution in [0.5, 0.6) is 23.3 Å². The normalized spacial score (nSPS) is 13.3. The van der Waals surface area contributed by atoms with E-state index in [2.05, 4.69) is 139 Å². The number of pyridine rings is 2. The first-order valence-corrected chi connectivity index (χ1v) is 18.0. The zero-order valence-electron chi connectivity index (χ0n) is 30.2. The molecule has 0 saturated heterocycles. The molecule has 55 heavy (non-hydrogen) atoms. The van der Waals surface area contributed by atoms with Crippen LogP contribution >= 0.6 is 0 Å². The molecule has 0 unspecified atom stereocenters. The summed E-state index contributed by atoms with van der Waals surface area (Å²) in [6.45, 7) is 1.44. The number of hydrogen-bond donors (Lipinski definition) is 0. The molecule has 8 aromatic rings. The van der Waals surface area contributed by atoms with Crippen LogP contribution in [0.2, 0.25) is 0 Å². The summed E-state index contributed by atoms with van der Waals surface area (Å²) in [5.41, 5.74) is 9.77. The summed E-state index contributed by atoms with van der Waals surface area (Å²) in [6.07, 6.45) is 3.32. The predicted octanol–water partition coefficient (Wildman–Crippen LogP) is 10.1. The number of hydrogen-bond acceptors (Lipinski definition) is 9. The van der Waals surface area contributed by atoms with Crippen molar-refractivity contribution in [2.24, 2.45) is 0 Å². The molecule has 0 aliphatic carbocycles. The number of rotatable bonds is 7. The van der Waals surface area contributed by atoms with Crippen LogP contribution in [-0.4, -0.2) is 42.0 Å². The van der Waals surface area contributed by atoms with Crippen molar-refractivity contribution in [3.63, 3.8) is 0 Å². The second-order valence-electron chi connectivity index (χ2n) is 13.7. The van der Waals surface area contributed by atoms with Gasteiger partial charge in [-0.25, -0.2) is 9.97 Å². The van der Waals surface area contributed by atoms with Gasteiger partial charge in [0.05, 0.1) is 52.8 Å². The maximum atomic E-state index is 10.6. The number of ether oxygens (including phenoxy) is 2. The van der Waals surface area contributed by atoms with E-state index in [9.17, 15) is 5.26 Å². The van der Waals surface area contributed by atoms with Gasteiger partial charge >= 0.3 is 0 Å². The number of aromatic nitrogens is 3. The van der Waals surface area contributed by atoms with Crippen molar-refractivity contribution in [3.05, 3.63) is 151 Å². The molecule has 5 aromatic carbocycles. The molecular weight excluding hydrogens is 685 g/mol. The molecule has 2 aliphatic heterocycles. The standard InChI is InChI=1S/C45H34N8O2/c1-49-28-51(38-13-5-3-11-36(38)49)30-17-19-33-34-20-18-31(52-29-50(2)37-12-4-6-14-39(37)52)24-41(34)53(40(33)23-30)32-25-42(54-44-15-7-9-21-47-44)35(27-46)43(26-32)55-45-16-8-10-22-48-45/h3-26H,28-29H2,1-2H3. The molecular formula is C45H34N8O2. The second-order valence-corrected chi connectivity index (χ2v) is 13.7. The van der Waals surface area contributed by atoms with Gasteiger partial charge in [-0.3, -0.25) is 0 Å². The van der Waals surface area contributed by atoms with Crippen molar-refractivity contribution in [2.45, 2.75) is 0 Å². The highest BCUT2D eigenvalue weighted by Crippen LogP contribution is 2.46. The van der Waals surface area contributed by atoms with Gasteiger partial charge in [-0.05, 0) is 60.7 Å². The van der Waals surface area contributed by atoms with E-state index >= 15 is 0 Å². The highest BCUT2D eigenvalue weighted by molar-refractivity contribution is 6.11. The Bertz CT molecular complexity index is 2620. The smallest absolute Gasteiger partial charge is 0.219 e. The van der Waals surface area contributed by atoms with E-state index < -0.39 is 0 Å². The van der Waals surface area contributed by atoms with E-state index in [0.29, 0.717) is 23.3 Å². The van der Waals surface area contributed by atoms with Gasteiger partial charge in [0.15, 0.2) is 11.5 Å². The maximum absolute atomic E-state index is 10.6. The van der Waals surface area contributed by atoms with E-state index in [1.54, 1.807) is 24.5 Å². The Morgan fingerprint density at radius 3 is 1.42 bits per heavy atom. The molecule has 0 fully saturated rings. The van der Waals surface area contributed by atoms with Crippen molar-refractivity contribution in [2.75, 3.05) is 47.0 Å². The van der Waals surface area contributed by atoms with Crippen molar-refractivity contribution in [3.8, 4) is 35.0 Å². The lowest BCUT2D eigenvalue weighted by atomic mass is 10.1. The van der Waals surface area contributed by atoms with E-state index in [0.717, 1.165) is 63.6 Å². The molecule has 10 heteroatoms. The third-order valence-corrected chi connectivity index (χ3v) is 10.4. The first-order valence-electron chi connectivity index (χ1n) is 18.0. The molecule has 0 radical (unpaired) electrons. The minimum absolute atomic E-state index is 0.232. The molecule has 0 N–H and O–H groups in total. The fourth-order valence-electron chi connectivity index (χ4n) is 7.83. The molecule has 10 rings (SSSR count). The first-order chi connectivity index (χ1) is 27.0. The fourth-order valence-corrected chi connectivity index (χ4v) is 7.83. The average Bonchev–Trinajstić information content (AvgIpc) is 3.86. The van der Waals surface area contributed by atoms with Crippen molar-refractivity contribution < 1.29 is 9.47 Å². The summed E-state index contributed by atoms with van der Waals surface area (Å²) in [5.74, 6) is 1.36. The average molecular weight is 719 g/mol. The van der Waals surface area contributed by atoms with E-state index in [4.69, 9.17) is 9.47 Å². The Morgan fingerprint density at radius 2 is 0.982 bits per heavy atom. The van der Waals surface area contributed by atoms with Gasteiger partial charge in [-0.15, -0.1) is 0 Å². The number of anilines is 6. The summed E-state index contributed by atoms with van der Waals surface area (Å²) in [4.78, 5) is 18.0. The molecule has 0 bridgehead atoms. The van der Waals surface area contributed by atoms with Crippen LogP contribution < -0.4 is 29.1 Å². The molecule has 2 aliphatic rings. The van der Waals surface area contributed by atoms with Gasteiger partial charge in [0.1, 0.15) is 11.6 Å². The van der Waals surface area contributed by atoms with Gasteiger partial charge in [-0.1, -0.05) is 48.5 Å². The highest BCUT2D eigenvalue weighted by Gasteiger charge is 2.28. The maximum Gasteiger partial charge on any atom is 0.219 e. The largest absolute Gasteiger partial charge is 0.437 e. The second kappa shape index (κ2) is 12.9. The molecule has 0 amide bonds. The Hall–Kier alpha value is -7.51. The number of para-hydroxylation sites is 4. The zero-order chi connectivity index (χ0) is 37.0. The summed E-state index contributed by atoms with van der Waals surface area (Å²) >= 11 is 0. The number of fused-ring (bicyclic) bond motifs is 5. The topological polar surface area (TPSA) is 85.9 Å². The number of nitriles is 1. The number of benzene rings is 5. The third-order valence-electron chi connectivity index (χ3n) is 10.4. The van der Waals surface area contributed by atoms with Crippen LogP contribution in [0.4, 0.5) is 34.1 Å². The number of nitrogens with zero attached hydrogens (tertiary/aromatic N) is 8. The lowest BCUT2D eigenvalue weighted by Gasteiger charge is -2.21. The SMILES string of the molecule is CN1CN(c2ccc3c4ccc(N5CN(C)c6ccccc65)cc4n(-c4cc(Oc5ccccn5)c(C#N)c(Oc5ccccn5)c4)c3c2)c2ccccc21. The van der Waals surface area contributed by atoms with Crippen LogP contribution in [0.15, 0.2) is 146 Å². The van der Waals surface area contributed by atoms with E-state index in [-0.39, 0.29) is 5.56 Å². The first kappa shape index (κ1) is 32.2. The van der Waals surface area contributed by atoms with Gasteiger partial charge in [0, 0.05) is 72.9 Å². The molecule has 0 spiro atoms. The van der Waals surface area contributed by atoms with Crippen LogP contribution in [0, 0.1) is 11.3 Å². The van der Waals surface area contributed by atoms with Gasteiger partial charge < -0.3 is 33.6 Å². The summed E-state index contributed by atoms with van der Waals surface area (Å²) in [7, 11) is 4.24. The minimum atomic E-state index is 0.232.